The van der Waals surface area contributed by atoms with E-state index in [1.165, 1.54) is 12.3 Å². The van der Waals surface area contributed by atoms with E-state index in [4.69, 9.17) is 0 Å². The number of rotatable bonds is 1. The summed E-state index contributed by atoms with van der Waals surface area (Å²) in [5.74, 6) is 0.0926. The number of aliphatic imine (C=N–C) groups is 1. The molecule has 2 aromatic carbocycles. The van der Waals surface area contributed by atoms with E-state index in [0.29, 0.717) is 11.1 Å². The minimum Gasteiger partial charge on any atom is -0.494 e. The summed E-state index contributed by atoms with van der Waals surface area (Å²) in [6.07, 6.45) is 1.42. The highest BCUT2D eigenvalue weighted by molar-refractivity contribution is 7.90. The number of amidine groups is 1. The molecule has 3 aromatic rings. The number of benzene rings is 2. The number of hydrogen-bond donors (Lipinski definition) is 2. The Labute approximate surface area is 131 Å². The molecule has 0 spiro atoms. The molecule has 6 nitrogen and oxygen atoms in total. The maximum absolute atomic E-state index is 12.0. The van der Waals surface area contributed by atoms with Gasteiger partial charge in [0, 0.05) is 22.7 Å². The SMILES string of the molecule is O=S1(=O)N=C(N=Cc2c(O)[nH]c3ccccc23)c2ccccc21. The molecule has 1 aliphatic rings. The van der Waals surface area contributed by atoms with Gasteiger partial charge in [-0.2, -0.15) is 8.42 Å². The molecule has 23 heavy (non-hydrogen) atoms. The van der Waals surface area contributed by atoms with Crippen molar-refractivity contribution in [1.82, 2.24) is 4.98 Å². The average Bonchev–Trinajstić information content (AvgIpc) is 2.99. The molecule has 114 valence electrons. The Kier molecular flexibility index (Phi) is 2.85. The number of nitrogens with zero attached hydrogens (tertiary/aromatic N) is 2. The van der Waals surface area contributed by atoms with Crippen molar-refractivity contribution in [3.63, 3.8) is 0 Å². The number of para-hydroxylation sites is 1. The highest BCUT2D eigenvalue weighted by atomic mass is 32.2. The van der Waals surface area contributed by atoms with Gasteiger partial charge < -0.3 is 10.1 Å². The zero-order chi connectivity index (χ0) is 16.0. The third-order valence-corrected chi connectivity index (χ3v) is 4.98. The van der Waals surface area contributed by atoms with Crippen molar-refractivity contribution in [2.75, 3.05) is 0 Å². The van der Waals surface area contributed by atoms with E-state index in [0.717, 1.165) is 10.9 Å². The summed E-state index contributed by atoms with van der Waals surface area (Å²) >= 11 is 0. The minimum atomic E-state index is -3.69. The summed E-state index contributed by atoms with van der Waals surface area (Å²) in [6, 6.07) is 13.9. The Balaban J connectivity index is 1.82. The number of fused-ring (bicyclic) bond motifs is 2. The summed E-state index contributed by atoms with van der Waals surface area (Å²) in [5, 5.41) is 10.8. The van der Waals surface area contributed by atoms with Gasteiger partial charge in [0.25, 0.3) is 10.0 Å². The predicted molar refractivity (Wildman–Crippen MR) is 87.7 cm³/mol. The zero-order valence-electron chi connectivity index (χ0n) is 11.8. The topological polar surface area (TPSA) is 94.9 Å². The van der Waals surface area contributed by atoms with Crippen molar-refractivity contribution < 1.29 is 13.5 Å². The molecule has 0 saturated carbocycles. The van der Waals surface area contributed by atoms with Crippen LogP contribution in [-0.2, 0) is 10.0 Å². The minimum absolute atomic E-state index is 0.0234. The van der Waals surface area contributed by atoms with Gasteiger partial charge in [0.1, 0.15) is 4.90 Å². The second kappa shape index (κ2) is 4.79. The van der Waals surface area contributed by atoms with Crippen molar-refractivity contribution in [3.05, 3.63) is 59.7 Å². The fraction of sp³-hybridized carbons (Fsp3) is 0. The summed E-state index contributed by atoms with van der Waals surface area (Å²) in [5.41, 5.74) is 1.72. The molecular formula is C16H11N3O3S. The zero-order valence-corrected chi connectivity index (χ0v) is 12.6. The molecule has 0 saturated heterocycles. The van der Waals surface area contributed by atoms with Crippen LogP contribution in [0.2, 0.25) is 0 Å². The van der Waals surface area contributed by atoms with Crippen molar-refractivity contribution in [2.45, 2.75) is 4.90 Å². The molecule has 0 bridgehead atoms. The van der Waals surface area contributed by atoms with Crippen molar-refractivity contribution in [3.8, 4) is 5.88 Å². The number of nitrogens with one attached hydrogen (secondary N) is 1. The number of hydrogen-bond acceptors (Lipinski definition) is 4. The van der Waals surface area contributed by atoms with E-state index in [-0.39, 0.29) is 16.6 Å². The van der Waals surface area contributed by atoms with Crippen LogP contribution in [0.3, 0.4) is 0 Å². The number of aromatic amines is 1. The number of sulfonamides is 1. The summed E-state index contributed by atoms with van der Waals surface area (Å²) in [6.45, 7) is 0. The lowest BCUT2D eigenvalue weighted by molar-refractivity contribution is 0.457. The number of aromatic hydroxyl groups is 1. The average molecular weight is 325 g/mol. The van der Waals surface area contributed by atoms with Crippen LogP contribution in [-0.4, -0.2) is 30.6 Å². The molecule has 1 aliphatic heterocycles. The molecule has 2 heterocycles. The van der Waals surface area contributed by atoms with E-state index in [9.17, 15) is 13.5 Å². The third-order valence-electron chi connectivity index (χ3n) is 3.65. The van der Waals surface area contributed by atoms with Crippen LogP contribution in [0, 0.1) is 0 Å². The van der Waals surface area contributed by atoms with E-state index < -0.39 is 10.0 Å². The van der Waals surface area contributed by atoms with Gasteiger partial charge in [-0.05, 0) is 18.2 Å². The van der Waals surface area contributed by atoms with E-state index in [2.05, 4.69) is 14.4 Å². The van der Waals surface area contributed by atoms with Gasteiger partial charge in [-0.1, -0.05) is 30.3 Å². The first-order valence-corrected chi connectivity index (χ1v) is 8.28. The molecule has 0 radical (unpaired) electrons. The van der Waals surface area contributed by atoms with Crippen LogP contribution in [0.5, 0.6) is 5.88 Å². The maximum atomic E-state index is 12.0. The van der Waals surface area contributed by atoms with E-state index >= 15 is 0 Å². The Morgan fingerprint density at radius 3 is 2.70 bits per heavy atom. The van der Waals surface area contributed by atoms with Gasteiger partial charge in [0.2, 0.25) is 0 Å². The van der Waals surface area contributed by atoms with Crippen LogP contribution in [0.4, 0.5) is 0 Å². The molecule has 0 atom stereocenters. The van der Waals surface area contributed by atoms with Gasteiger partial charge in [-0.3, -0.25) is 0 Å². The van der Waals surface area contributed by atoms with Gasteiger partial charge in [-0.25, -0.2) is 4.99 Å². The van der Waals surface area contributed by atoms with Crippen molar-refractivity contribution in [1.29, 1.82) is 0 Å². The second-order valence-corrected chi connectivity index (χ2v) is 6.65. The summed E-state index contributed by atoms with van der Waals surface area (Å²) < 4.78 is 27.7. The maximum Gasteiger partial charge on any atom is 0.285 e. The van der Waals surface area contributed by atoms with E-state index in [1.54, 1.807) is 18.2 Å². The van der Waals surface area contributed by atoms with Gasteiger partial charge in [0.05, 0.1) is 5.56 Å². The standard InChI is InChI=1S/C16H11N3O3S/c20-16-12(10-5-1-3-7-13(10)18-16)9-17-15-11-6-2-4-8-14(11)23(21,22)19-15/h1-9,18,20H. The second-order valence-electron chi connectivity index (χ2n) is 5.08. The van der Waals surface area contributed by atoms with E-state index in [1.807, 2.05) is 24.3 Å². The predicted octanol–water partition coefficient (Wildman–Crippen LogP) is 2.44. The highest BCUT2D eigenvalue weighted by Gasteiger charge is 2.27. The highest BCUT2D eigenvalue weighted by Crippen LogP contribution is 2.28. The monoisotopic (exact) mass is 325 g/mol. The smallest absolute Gasteiger partial charge is 0.285 e. The van der Waals surface area contributed by atoms with Gasteiger partial charge in [-0.15, -0.1) is 4.40 Å². The van der Waals surface area contributed by atoms with Gasteiger partial charge in [0.15, 0.2) is 11.7 Å². The third kappa shape index (κ3) is 2.13. The Bertz CT molecular complexity index is 1090. The van der Waals surface area contributed by atoms with Crippen molar-refractivity contribution in [2.24, 2.45) is 9.39 Å². The molecule has 0 fully saturated rings. The first kappa shape index (κ1) is 13.7. The lowest BCUT2D eigenvalue weighted by atomic mass is 10.2. The summed E-state index contributed by atoms with van der Waals surface area (Å²) in [4.78, 5) is 7.17. The molecule has 0 amide bonds. The van der Waals surface area contributed by atoms with Crippen LogP contribution in [0.25, 0.3) is 10.9 Å². The fourth-order valence-electron chi connectivity index (χ4n) is 2.59. The fourth-order valence-corrected chi connectivity index (χ4v) is 3.75. The molecule has 0 unspecified atom stereocenters. The Hall–Kier alpha value is -2.93. The first-order valence-electron chi connectivity index (χ1n) is 6.84. The molecular weight excluding hydrogens is 314 g/mol. The van der Waals surface area contributed by atoms with Crippen molar-refractivity contribution >= 4 is 33.0 Å². The van der Waals surface area contributed by atoms with Crippen LogP contribution in [0.1, 0.15) is 11.1 Å². The molecule has 7 heteroatoms. The molecule has 4 rings (SSSR count). The normalized spacial score (nSPS) is 15.9. The molecule has 0 aliphatic carbocycles. The van der Waals surface area contributed by atoms with Crippen LogP contribution < -0.4 is 0 Å². The number of H-pyrrole nitrogens is 1. The quantitative estimate of drug-likeness (QED) is 0.673. The summed E-state index contributed by atoms with van der Waals surface area (Å²) in [7, 11) is -3.69. The molecule has 1 aromatic heterocycles. The Morgan fingerprint density at radius 1 is 1.09 bits per heavy atom. The lowest BCUT2D eigenvalue weighted by Crippen LogP contribution is -1.95. The van der Waals surface area contributed by atoms with Crippen LogP contribution in [0.15, 0.2) is 62.8 Å². The van der Waals surface area contributed by atoms with Crippen LogP contribution >= 0.6 is 0 Å². The van der Waals surface area contributed by atoms with Gasteiger partial charge >= 0.3 is 0 Å². The largest absolute Gasteiger partial charge is 0.494 e. The molecule has 2 N–H and O–H groups in total. The lowest BCUT2D eigenvalue weighted by Gasteiger charge is -1.96. The Morgan fingerprint density at radius 2 is 1.83 bits per heavy atom. The number of aromatic nitrogens is 1. The first-order chi connectivity index (χ1) is 11.1.